The molecule has 1 aromatic carbocycles. The van der Waals surface area contributed by atoms with Gasteiger partial charge < -0.3 is 10.6 Å². The Hall–Kier alpha value is -2.80. The number of aromatic nitrogens is 3. The Morgan fingerprint density at radius 1 is 1.21 bits per heavy atom. The number of hydrogen-bond donors (Lipinski definition) is 2. The summed E-state index contributed by atoms with van der Waals surface area (Å²) in [7, 11) is 0. The van der Waals surface area contributed by atoms with E-state index in [1.165, 1.54) is 11.1 Å². The summed E-state index contributed by atoms with van der Waals surface area (Å²) in [5.41, 5.74) is 4.06. The number of hydrogen-bond acceptors (Lipinski definition) is 5. The Balaban J connectivity index is 1.55. The van der Waals surface area contributed by atoms with Crippen LogP contribution in [0.4, 0.5) is 16.0 Å². The van der Waals surface area contributed by atoms with Crippen molar-refractivity contribution in [1.82, 2.24) is 19.9 Å². The third kappa shape index (κ3) is 3.40. The molecule has 1 saturated carbocycles. The van der Waals surface area contributed by atoms with Crippen LogP contribution in [0.15, 0.2) is 35.3 Å². The Morgan fingerprint density at radius 3 is 2.90 bits per heavy atom. The summed E-state index contributed by atoms with van der Waals surface area (Å²) in [5, 5.41) is 7.35. The van der Waals surface area contributed by atoms with Crippen molar-refractivity contribution >= 4 is 22.7 Å². The molecular weight excluding hydrogens is 369 g/mol. The number of halogens is 1. The normalized spacial score (nSPS) is 16.9. The highest BCUT2D eigenvalue weighted by molar-refractivity contribution is 5.76. The first-order chi connectivity index (χ1) is 14.2. The number of rotatable bonds is 4. The molecule has 0 amide bonds. The van der Waals surface area contributed by atoms with Gasteiger partial charge in [-0.2, -0.15) is 4.98 Å². The van der Waals surface area contributed by atoms with Crippen LogP contribution >= 0.6 is 0 Å². The van der Waals surface area contributed by atoms with Crippen LogP contribution in [0, 0.1) is 0 Å². The van der Waals surface area contributed by atoms with Crippen LogP contribution in [0.2, 0.25) is 0 Å². The van der Waals surface area contributed by atoms with Gasteiger partial charge in [0, 0.05) is 35.4 Å². The van der Waals surface area contributed by atoms with Crippen molar-refractivity contribution in [3.05, 3.63) is 57.5 Å². The van der Waals surface area contributed by atoms with E-state index in [2.05, 4.69) is 32.7 Å². The Morgan fingerprint density at radius 2 is 2.07 bits per heavy atom. The predicted molar refractivity (Wildman–Crippen MR) is 111 cm³/mol. The van der Waals surface area contributed by atoms with Gasteiger partial charge in [-0.15, -0.1) is 0 Å². The molecule has 2 N–H and O–H groups in total. The van der Waals surface area contributed by atoms with Gasteiger partial charge in [0.1, 0.15) is 12.3 Å². The van der Waals surface area contributed by atoms with Crippen LogP contribution in [0.5, 0.6) is 0 Å². The van der Waals surface area contributed by atoms with Gasteiger partial charge in [0.05, 0.1) is 0 Å². The van der Waals surface area contributed by atoms with Crippen molar-refractivity contribution in [2.24, 2.45) is 0 Å². The van der Waals surface area contributed by atoms with E-state index in [0.29, 0.717) is 17.0 Å². The van der Waals surface area contributed by atoms with Gasteiger partial charge >= 0.3 is 0 Å². The maximum atomic E-state index is 13.4. The third-order valence-corrected chi connectivity index (χ3v) is 6.03. The molecular formula is C22H24FN5O. The number of alkyl halides is 1. The second kappa shape index (κ2) is 7.55. The summed E-state index contributed by atoms with van der Waals surface area (Å²) in [6, 6.07) is 7.94. The molecule has 3 aromatic rings. The summed E-state index contributed by atoms with van der Waals surface area (Å²) < 4.78 is 15.1. The fraction of sp³-hybridized carbons (Fsp3) is 0.409. The topological polar surface area (TPSA) is 71.8 Å². The summed E-state index contributed by atoms with van der Waals surface area (Å²) in [4.78, 5) is 22.0. The van der Waals surface area contributed by atoms with Crippen LogP contribution in [-0.4, -0.2) is 21.1 Å². The highest BCUT2D eigenvalue weighted by atomic mass is 19.1. The fourth-order valence-corrected chi connectivity index (χ4v) is 4.52. The van der Waals surface area contributed by atoms with E-state index in [4.69, 9.17) is 0 Å². The Kier molecular flexibility index (Phi) is 4.75. The van der Waals surface area contributed by atoms with Gasteiger partial charge in [0.25, 0.3) is 5.56 Å². The second-order valence-electron chi connectivity index (χ2n) is 7.92. The van der Waals surface area contributed by atoms with E-state index in [0.717, 1.165) is 50.9 Å². The molecule has 3 heterocycles. The largest absolute Gasteiger partial charge is 0.324 e. The lowest BCUT2D eigenvalue weighted by Crippen LogP contribution is -2.27. The summed E-state index contributed by atoms with van der Waals surface area (Å²) in [5.74, 6) is 0.450. The maximum absolute atomic E-state index is 13.4. The predicted octanol–water partition coefficient (Wildman–Crippen LogP) is 3.77. The highest BCUT2D eigenvalue weighted by Crippen LogP contribution is 2.31. The molecule has 2 aromatic heterocycles. The van der Waals surface area contributed by atoms with Gasteiger partial charge in [0.15, 0.2) is 0 Å². The molecule has 7 heteroatoms. The molecule has 150 valence electrons. The van der Waals surface area contributed by atoms with E-state index in [-0.39, 0.29) is 17.2 Å². The van der Waals surface area contributed by atoms with Crippen LogP contribution in [-0.2, 0) is 19.6 Å². The van der Waals surface area contributed by atoms with E-state index >= 15 is 0 Å². The highest BCUT2D eigenvalue weighted by Gasteiger charge is 2.22. The van der Waals surface area contributed by atoms with Gasteiger partial charge in [-0.25, -0.2) is 9.37 Å². The quantitative estimate of drug-likeness (QED) is 0.706. The summed E-state index contributed by atoms with van der Waals surface area (Å²) in [6.07, 6.45) is 6.69. The zero-order valence-corrected chi connectivity index (χ0v) is 16.2. The second-order valence-corrected chi connectivity index (χ2v) is 7.92. The SMILES string of the molecule is O=c1c(CF)cc2cnc(Nc3ccc4c(c3)CCNC4)nc2n1C1CCCC1. The van der Waals surface area contributed by atoms with E-state index in [9.17, 15) is 9.18 Å². The van der Waals surface area contributed by atoms with Gasteiger partial charge in [0.2, 0.25) is 5.95 Å². The molecule has 29 heavy (non-hydrogen) atoms. The molecule has 0 atom stereocenters. The van der Waals surface area contributed by atoms with Crippen molar-refractivity contribution in [3.8, 4) is 0 Å². The molecule has 1 aliphatic carbocycles. The molecule has 0 saturated heterocycles. The van der Waals surface area contributed by atoms with E-state index in [1.54, 1.807) is 16.8 Å². The standard InChI is InChI=1S/C22H24FN5O/c23-11-16-9-17-13-25-22(26-18-6-5-15-12-24-8-7-14(15)10-18)27-20(17)28(21(16)29)19-3-1-2-4-19/h5-6,9-10,13,19,24H,1-4,7-8,11-12H2,(H,25,26,27). The number of pyridine rings is 1. The lowest BCUT2D eigenvalue weighted by Gasteiger charge is -2.19. The third-order valence-electron chi connectivity index (χ3n) is 6.03. The molecule has 0 radical (unpaired) electrons. The fourth-order valence-electron chi connectivity index (χ4n) is 4.52. The zero-order chi connectivity index (χ0) is 19.8. The summed E-state index contributed by atoms with van der Waals surface area (Å²) >= 11 is 0. The summed E-state index contributed by atoms with van der Waals surface area (Å²) in [6.45, 7) is 1.10. The first kappa shape index (κ1) is 18.2. The van der Waals surface area contributed by atoms with Crippen molar-refractivity contribution in [2.45, 2.75) is 51.4 Å². The molecule has 0 unspecified atom stereocenters. The molecule has 1 fully saturated rings. The molecule has 2 aliphatic rings. The lowest BCUT2D eigenvalue weighted by atomic mass is 10.0. The minimum absolute atomic E-state index is 0.0792. The molecule has 6 nitrogen and oxygen atoms in total. The first-order valence-electron chi connectivity index (χ1n) is 10.3. The van der Waals surface area contributed by atoms with Crippen molar-refractivity contribution in [3.63, 3.8) is 0 Å². The number of nitrogens with zero attached hydrogens (tertiary/aromatic N) is 3. The van der Waals surface area contributed by atoms with E-state index < -0.39 is 6.67 Å². The number of anilines is 2. The van der Waals surface area contributed by atoms with Crippen LogP contribution in [0.1, 0.15) is 48.4 Å². The Bertz CT molecular complexity index is 1120. The van der Waals surface area contributed by atoms with E-state index in [1.807, 2.05) is 6.07 Å². The lowest BCUT2D eigenvalue weighted by molar-refractivity contribution is 0.466. The van der Waals surface area contributed by atoms with Crippen LogP contribution < -0.4 is 16.2 Å². The number of benzene rings is 1. The smallest absolute Gasteiger partial charge is 0.258 e. The van der Waals surface area contributed by atoms with Crippen molar-refractivity contribution in [2.75, 3.05) is 11.9 Å². The molecule has 0 spiro atoms. The van der Waals surface area contributed by atoms with Gasteiger partial charge in [-0.3, -0.25) is 9.36 Å². The minimum atomic E-state index is -0.772. The van der Waals surface area contributed by atoms with Crippen LogP contribution in [0.25, 0.3) is 11.0 Å². The average Bonchev–Trinajstić information content (AvgIpc) is 3.27. The molecule has 5 rings (SSSR count). The van der Waals surface area contributed by atoms with Crippen LogP contribution in [0.3, 0.4) is 0 Å². The average molecular weight is 393 g/mol. The minimum Gasteiger partial charge on any atom is -0.324 e. The molecule has 0 bridgehead atoms. The van der Waals surface area contributed by atoms with Crippen molar-refractivity contribution in [1.29, 1.82) is 0 Å². The van der Waals surface area contributed by atoms with Crippen molar-refractivity contribution < 1.29 is 4.39 Å². The monoisotopic (exact) mass is 393 g/mol. The first-order valence-corrected chi connectivity index (χ1v) is 10.3. The Labute approximate surface area is 168 Å². The molecule has 1 aliphatic heterocycles. The van der Waals surface area contributed by atoms with Gasteiger partial charge in [-0.05, 0) is 55.1 Å². The number of fused-ring (bicyclic) bond motifs is 2. The zero-order valence-electron chi connectivity index (χ0n) is 16.2. The number of nitrogens with one attached hydrogen (secondary N) is 2. The van der Waals surface area contributed by atoms with Gasteiger partial charge in [-0.1, -0.05) is 18.9 Å². The maximum Gasteiger partial charge on any atom is 0.258 e.